The number of aromatic hydroxyl groups is 1. The molecule has 0 aliphatic heterocycles. The average molecular weight is 244 g/mol. The van der Waals surface area contributed by atoms with Gasteiger partial charge in [0.1, 0.15) is 5.75 Å². The van der Waals surface area contributed by atoms with E-state index < -0.39 is 17.6 Å². The number of aryl methyl sites for hydroxylation is 1. The Morgan fingerprint density at radius 1 is 1.29 bits per heavy atom. The second kappa shape index (κ2) is 3.72. The fraction of sp³-hybridized carbons (Fsp3) is 0.222. The van der Waals surface area contributed by atoms with Crippen LogP contribution in [-0.4, -0.2) is 25.1 Å². The zero-order valence-electron chi connectivity index (χ0n) is 8.60. The highest BCUT2D eigenvalue weighted by molar-refractivity contribution is 5.61. The number of halogens is 3. The summed E-state index contributed by atoms with van der Waals surface area (Å²) in [4.78, 5) is 0. The van der Waals surface area contributed by atoms with E-state index in [1.807, 2.05) is 0 Å². The number of nitrogens with zero attached hydrogens (tertiary/aromatic N) is 4. The molecule has 0 saturated carbocycles. The molecular weight excluding hydrogens is 237 g/mol. The van der Waals surface area contributed by atoms with Gasteiger partial charge in [0.2, 0.25) is 0 Å². The van der Waals surface area contributed by atoms with Crippen LogP contribution >= 0.6 is 0 Å². The second-order valence-corrected chi connectivity index (χ2v) is 3.30. The van der Waals surface area contributed by atoms with E-state index in [4.69, 9.17) is 0 Å². The van der Waals surface area contributed by atoms with E-state index in [0.29, 0.717) is 11.8 Å². The summed E-state index contributed by atoms with van der Waals surface area (Å²) in [6.07, 6.45) is -3.19. The first-order valence-corrected chi connectivity index (χ1v) is 4.52. The Morgan fingerprint density at radius 2 is 2.00 bits per heavy atom. The number of hydrogen-bond donors (Lipinski definition) is 1. The van der Waals surface area contributed by atoms with Gasteiger partial charge in [-0.25, -0.2) is 0 Å². The highest BCUT2D eigenvalue weighted by Gasteiger charge is 2.34. The van der Waals surface area contributed by atoms with E-state index in [0.717, 1.165) is 0 Å². The molecule has 2 aromatic rings. The monoisotopic (exact) mass is 244 g/mol. The SMILES string of the molecule is Cn1nccc1-c1nnc(C(F)(F)F)cc1O. The molecule has 2 heterocycles. The number of alkyl halides is 3. The van der Waals surface area contributed by atoms with E-state index in [9.17, 15) is 18.3 Å². The molecule has 8 heteroatoms. The predicted octanol–water partition coefficient (Wildman–Crippen LogP) is 1.60. The van der Waals surface area contributed by atoms with Crippen LogP contribution in [0.5, 0.6) is 5.75 Å². The minimum atomic E-state index is -4.63. The maximum Gasteiger partial charge on any atom is 0.435 e. The Morgan fingerprint density at radius 3 is 2.47 bits per heavy atom. The lowest BCUT2D eigenvalue weighted by Gasteiger charge is -2.07. The smallest absolute Gasteiger partial charge is 0.435 e. The summed E-state index contributed by atoms with van der Waals surface area (Å²) in [5, 5.41) is 19.7. The summed E-state index contributed by atoms with van der Waals surface area (Å²) in [6, 6.07) is 2.05. The minimum Gasteiger partial charge on any atom is -0.505 e. The van der Waals surface area contributed by atoms with Crippen LogP contribution < -0.4 is 0 Å². The molecule has 0 atom stereocenters. The highest BCUT2D eigenvalue weighted by atomic mass is 19.4. The molecule has 0 fully saturated rings. The van der Waals surface area contributed by atoms with Crippen molar-refractivity contribution in [3.8, 4) is 17.1 Å². The normalized spacial score (nSPS) is 11.8. The number of hydrogen-bond acceptors (Lipinski definition) is 4. The quantitative estimate of drug-likeness (QED) is 0.827. The lowest BCUT2D eigenvalue weighted by molar-refractivity contribution is -0.141. The third-order valence-electron chi connectivity index (χ3n) is 2.13. The second-order valence-electron chi connectivity index (χ2n) is 3.30. The van der Waals surface area contributed by atoms with Gasteiger partial charge in [-0.05, 0) is 6.07 Å². The molecule has 0 amide bonds. The van der Waals surface area contributed by atoms with Crippen molar-refractivity contribution in [1.82, 2.24) is 20.0 Å². The Kier molecular flexibility index (Phi) is 2.49. The average Bonchev–Trinajstić information content (AvgIpc) is 2.63. The van der Waals surface area contributed by atoms with Crippen LogP contribution in [-0.2, 0) is 13.2 Å². The van der Waals surface area contributed by atoms with Gasteiger partial charge in [-0.3, -0.25) is 4.68 Å². The molecule has 2 rings (SSSR count). The first-order chi connectivity index (χ1) is 7.89. The van der Waals surface area contributed by atoms with Crippen LogP contribution in [0.25, 0.3) is 11.4 Å². The molecular formula is C9H7F3N4O. The van der Waals surface area contributed by atoms with E-state index >= 15 is 0 Å². The first-order valence-electron chi connectivity index (χ1n) is 4.52. The van der Waals surface area contributed by atoms with Crippen LogP contribution in [0, 0.1) is 0 Å². The molecule has 2 aromatic heterocycles. The highest BCUT2D eigenvalue weighted by Crippen LogP contribution is 2.32. The van der Waals surface area contributed by atoms with Gasteiger partial charge in [-0.1, -0.05) is 0 Å². The lowest BCUT2D eigenvalue weighted by atomic mass is 10.2. The Hall–Kier alpha value is -2.12. The maximum atomic E-state index is 12.3. The number of rotatable bonds is 1. The van der Waals surface area contributed by atoms with Gasteiger partial charge in [0, 0.05) is 19.3 Å². The largest absolute Gasteiger partial charge is 0.505 e. The van der Waals surface area contributed by atoms with Gasteiger partial charge in [0.25, 0.3) is 0 Å². The molecule has 0 saturated heterocycles. The molecule has 0 bridgehead atoms. The van der Waals surface area contributed by atoms with Crippen molar-refractivity contribution in [2.45, 2.75) is 6.18 Å². The fourth-order valence-electron chi connectivity index (χ4n) is 1.31. The first kappa shape index (κ1) is 11.4. The maximum absolute atomic E-state index is 12.3. The predicted molar refractivity (Wildman–Crippen MR) is 50.9 cm³/mol. The molecule has 90 valence electrons. The van der Waals surface area contributed by atoms with E-state index in [1.54, 1.807) is 7.05 Å². The molecule has 0 aliphatic rings. The van der Waals surface area contributed by atoms with Gasteiger partial charge >= 0.3 is 6.18 Å². The molecule has 0 spiro atoms. The summed E-state index contributed by atoms with van der Waals surface area (Å²) in [6.45, 7) is 0. The van der Waals surface area contributed by atoms with Crippen LogP contribution in [0.15, 0.2) is 18.3 Å². The molecule has 17 heavy (non-hydrogen) atoms. The summed E-state index contributed by atoms with van der Waals surface area (Å²) in [5.74, 6) is -0.587. The van der Waals surface area contributed by atoms with Crippen LogP contribution in [0.4, 0.5) is 13.2 Å². The molecule has 5 nitrogen and oxygen atoms in total. The van der Waals surface area contributed by atoms with Gasteiger partial charge in [0.15, 0.2) is 11.4 Å². The van der Waals surface area contributed by atoms with Crippen molar-refractivity contribution in [2.75, 3.05) is 0 Å². The van der Waals surface area contributed by atoms with Crippen LogP contribution in [0.1, 0.15) is 5.69 Å². The summed E-state index contributed by atoms with van der Waals surface area (Å²) < 4.78 is 38.2. The van der Waals surface area contributed by atoms with Gasteiger partial charge in [-0.15, -0.1) is 10.2 Å². The third-order valence-corrected chi connectivity index (χ3v) is 2.13. The topological polar surface area (TPSA) is 63.8 Å². The lowest BCUT2D eigenvalue weighted by Crippen LogP contribution is -2.09. The van der Waals surface area contributed by atoms with Crippen LogP contribution in [0.2, 0.25) is 0 Å². The van der Waals surface area contributed by atoms with Gasteiger partial charge in [-0.2, -0.15) is 18.3 Å². The van der Waals surface area contributed by atoms with Crippen molar-refractivity contribution in [3.63, 3.8) is 0 Å². The van der Waals surface area contributed by atoms with E-state index in [2.05, 4.69) is 15.3 Å². The van der Waals surface area contributed by atoms with E-state index in [1.165, 1.54) is 16.9 Å². The summed E-state index contributed by atoms with van der Waals surface area (Å²) in [7, 11) is 1.58. The number of aromatic nitrogens is 4. The fourth-order valence-corrected chi connectivity index (χ4v) is 1.31. The summed E-state index contributed by atoms with van der Waals surface area (Å²) in [5.41, 5.74) is -0.900. The van der Waals surface area contributed by atoms with Crippen molar-refractivity contribution in [2.24, 2.45) is 7.05 Å². The Bertz CT molecular complexity index is 549. The van der Waals surface area contributed by atoms with Crippen molar-refractivity contribution < 1.29 is 18.3 Å². The van der Waals surface area contributed by atoms with Crippen molar-refractivity contribution >= 4 is 0 Å². The van der Waals surface area contributed by atoms with Crippen LogP contribution in [0.3, 0.4) is 0 Å². The third kappa shape index (κ3) is 2.05. The van der Waals surface area contributed by atoms with Crippen molar-refractivity contribution in [1.29, 1.82) is 0 Å². The molecule has 0 radical (unpaired) electrons. The molecule has 0 unspecified atom stereocenters. The Balaban J connectivity index is 2.50. The Labute approximate surface area is 93.5 Å². The molecule has 1 N–H and O–H groups in total. The van der Waals surface area contributed by atoms with Gasteiger partial charge in [0.05, 0.1) is 5.69 Å². The zero-order chi connectivity index (χ0) is 12.6. The standard InChI is InChI=1S/C9H7F3N4O/c1-16-5(2-3-13-16)8-6(17)4-7(14-15-8)9(10,11)12/h2-4H,1H3,(H,14,17). The van der Waals surface area contributed by atoms with Crippen molar-refractivity contribution in [3.05, 3.63) is 24.0 Å². The van der Waals surface area contributed by atoms with E-state index in [-0.39, 0.29) is 5.69 Å². The molecule has 0 aliphatic carbocycles. The molecule has 0 aromatic carbocycles. The minimum absolute atomic E-state index is 0.0435. The zero-order valence-corrected chi connectivity index (χ0v) is 8.60. The van der Waals surface area contributed by atoms with Gasteiger partial charge < -0.3 is 5.11 Å². The summed E-state index contributed by atoms with van der Waals surface area (Å²) >= 11 is 0.